The first kappa shape index (κ1) is 8.62. The summed E-state index contributed by atoms with van der Waals surface area (Å²) in [5, 5.41) is 8.49. The van der Waals surface area contributed by atoms with Gasteiger partial charge in [-0.3, -0.25) is 0 Å². The predicted octanol–water partition coefficient (Wildman–Crippen LogP) is 0.869. The van der Waals surface area contributed by atoms with E-state index in [-0.39, 0.29) is 0 Å². The van der Waals surface area contributed by atoms with Crippen LogP contribution in [0.3, 0.4) is 0 Å². The van der Waals surface area contributed by atoms with Crippen molar-refractivity contribution in [2.45, 2.75) is 6.04 Å². The standard InChI is InChI=1S/C8H11N3O/c1-11(2)8-4-3-7(12-8)6(10)5-9/h3-4,6H,10H2,1-2H3/t6-/m1/s1. The van der Waals surface area contributed by atoms with Gasteiger partial charge in [-0.25, -0.2) is 0 Å². The summed E-state index contributed by atoms with van der Waals surface area (Å²) in [5.74, 6) is 1.21. The quantitative estimate of drug-likeness (QED) is 0.706. The van der Waals surface area contributed by atoms with Crippen molar-refractivity contribution in [3.05, 3.63) is 17.9 Å². The van der Waals surface area contributed by atoms with Crippen LogP contribution in [0.25, 0.3) is 0 Å². The van der Waals surface area contributed by atoms with E-state index in [0.717, 1.165) is 0 Å². The van der Waals surface area contributed by atoms with Gasteiger partial charge in [-0.05, 0) is 6.07 Å². The normalized spacial score (nSPS) is 12.2. The molecule has 0 aliphatic rings. The lowest BCUT2D eigenvalue weighted by molar-refractivity contribution is 0.498. The van der Waals surface area contributed by atoms with Gasteiger partial charge >= 0.3 is 0 Å². The Balaban J connectivity index is 2.86. The second-order valence-corrected chi connectivity index (χ2v) is 2.68. The van der Waals surface area contributed by atoms with Crippen LogP contribution < -0.4 is 10.6 Å². The molecule has 12 heavy (non-hydrogen) atoms. The van der Waals surface area contributed by atoms with E-state index in [4.69, 9.17) is 15.4 Å². The van der Waals surface area contributed by atoms with Gasteiger partial charge in [0.15, 0.2) is 11.9 Å². The zero-order valence-electron chi connectivity index (χ0n) is 7.11. The van der Waals surface area contributed by atoms with Gasteiger partial charge in [-0.15, -0.1) is 0 Å². The van der Waals surface area contributed by atoms with Gasteiger partial charge in [0.05, 0.1) is 6.07 Å². The summed E-state index contributed by atoms with van der Waals surface area (Å²) in [6.45, 7) is 0. The first-order valence-electron chi connectivity index (χ1n) is 3.57. The Morgan fingerprint density at radius 1 is 1.58 bits per heavy atom. The predicted molar refractivity (Wildman–Crippen MR) is 45.6 cm³/mol. The van der Waals surface area contributed by atoms with Gasteiger partial charge in [0, 0.05) is 20.2 Å². The molecule has 0 saturated heterocycles. The van der Waals surface area contributed by atoms with Crippen LogP contribution in [-0.2, 0) is 0 Å². The van der Waals surface area contributed by atoms with Crippen molar-refractivity contribution in [3.8, 4) is 6.07 Å². The lowest BCUT2D eigenvalue weighted by atomic mass is 10.3. The molecule has 0 radical (unpaired) electrons. The molecule has 0 aliphatic carbocycles. The Labute approximate surface area is 71.2 Å². The lowest BCUT2D eigenvalue weighted by Crippen LogP contribution is -2.08. The second-order valence-electron chi connectivity index (χ2n) is 2.68. The Hall–Kier alpha value is -1.47. The molecule has 2 N–H and O–H groups in total. The molecule has 1 heterocycles. The molecule has 1 aromatic rings. The molecule has 0 saturated carbocycles. The summed E-state index contributed by atoms with van der Waals surface area (Å²) in [6, 6.07) is 4.73. The number of nitriles is 1. The number of furan rings is 1. The number of nitrogens with zero attached hydrogens (tertiary/aromatic N) is 2. The third-order valence-electron chi connectivity index (χ3n) is 1.50. The largest absolute Gasteiger partial charge is 0.443 e. The fourth-order valence-electron chi connectivity index (χ4n) is 0.813. The summed E-state index contributed by atoms with van der Waals surface area (Å²) >= 11 is 0. The van der Waals surface area contributed by atoms with Crippen LogP contribution in [-0.4, -0.2) is 14.1 Å². The first-order valence-corrected chi connectivity index (χ1v) is 3.57. The molecular weight excluding hydrogens is 154 g/mol. The average Bonchev–Trinajstić information content (AvgIpc) is 2.51. The molecule has 0 aliphatic heterocycles. The van der Waals surface area contributed by atoms with Gasteiger partial charge in [-0.1, -0.05) is 0 Å². The molecule has 1 atom stereocenters. The minimum Gasteiger partial charge on any atom is -0.443 e. The van der Waals surface area contributed by atoms with Crippen molar-refractivity contribution < 1.29 is 4.42 Å². The second kappa shape index (κ2) is 3.28. The highest BCUT2D eigenvalue weighted by Crippen LogP contribution is 2.19. The van der Waals surface area contributed by atoms with Gasteiger partial charge < -0.3 is 15.1 Å². The van der Waals surface area contributed by atoms with Crippen LogP contribution in [0.15, 0.2) is 16.5 Å². The molecule has 0 unspecified atom stereocenters. The Morgan fingerprint density at radius 3 is 2.67 bits per heavy atom. The van der Waals surface area contributed by atoms with Crippen LogP contribution in [0.5, 0.6) is 0 Å². The summed E-state index contributed by atoms with van der Waals surface area (Å²) in [4.78, 5) is 1.81. The summed E-state index contributed by atoms with van der Waals surface area (Å²) in [7, 11) is 3.72. The van der Waals surface area contributed by atoms with Crippen molar-refractivity contribution in [1.82, 2.24) is 0 Å². The van der Waals surface area contributed by atoms with E-state index in [0.29, 0.717) is 11.6 Å². The molecule has 4 heteroatoms. The minimum atomic E-state index is -0.668. The van der Waals surface area contributed by atoms with Crippen molar-refractivity contribution in [1.29, 1.82) is 5.26 Å². The first-order chi connectivity index (χ1) is 5.65. The third kappa shape index (κ3) is 1.57. The molecule has 1 rings (SSSR count). The van der Waals surface area contributed by atoms with Crippen molar-refractivity contribution in [2.75, 3.05) is 19.0 Å². The molecule has 0 aromatic carbocycles. The fraction of sp³-hybridized carbons (Fsp3) is 0.375. The number of rotatable bonds is 2. The topological polar surface area (TPSA) is 66.2 Å². The van der Waals surface area contributed by atoms with E-state index in [1.807, 2.05) is 25.1 Å². The van der Waals surface area contributed by atoms with Gasteiger partial charge in [-0.2, -0.15) is 5.26 Å². The SMILES string of the molecule is CN(C)c1ccc([C@H](N)C#N)o1. The molecule has 0 amide bonds. The molecule has 1 aromatic heterocycles. The highest BCUT2D eigenvalue weighted by molar-refractivity contribution is 5.35. The summed E-state index contributed by atoms with van der Waals surface area (Å²) < 4.78 is 5.28. The third-order valence-corrected chi connectivity index (χ3v) is 1.50. The van der Waals surface area contributed by atoms with E-state index in [1.165, 1.54) is 0 Å². The summed E-state index contributed by atoms with van der Waals surface area (Å²) in [5.41, 5.74) is 5.43. The maximum absolute atomic E-state index is 8.49. The van der Waals surface area contributed by atoms with Crippen molar-refractivity contribution in [2.24, 2.45) is 5.73 Å². The van der Waals surface area contributed by atoms with Crippen LogP contribution in [0.1, 0.15) is 11.8 Å². The van der Waals surface area contributed by atoms with E-state index < -0.39 is 6.04 Å². The van der Waals surface area contributed by atoms with Gasteiger partial charge in [0.1, 0.15) is 5.76 Å². The lowest BCUT2D eigenvalue weighted by Gasteiger charge is -2.06. The molecule has 64 valence electrons. The van der Waals surface area contributed by atoms with Gasteiger partial charge in [0.2, 0.25) is 0 Å². The monoisotopic (exact) mass is 165 g/mol. The van der Waals surface area contributed by atoms with Crippen LogP contribution in [0, 0.1) is 11.3 Å². The van der Waals surface area contributed by atoms with Crippen LogP contribution in [0.4, 0.5) is 5.88 Å². The zero-order valence-corrected chi connectivity index (χ0v) is 7.11. The molecule has 0 spiro atoms. The number of hydrogen-bond acceptors (Lipinski definition) is 4. The molecular formula is C8H11N3O. The minimum absolute atomic E-state index is 0.501. The number of anilines is 1. The zero-order chi connectivity index (χ0) is 9.14. The van der Waals surface area contributed by atoms with E-state index in [1.54, 1.807) is 12.1 Å². The molecule has 4 nitrogen and oxygen atoms in total. The van der Waals surface area contributed by atoms with Crippen molar-refractivity contribution in [3.63, 3.8) is 0 Å². The average molecular weight is 165 g/mol. The Morgan fingerprint density at radius 2 is 2.25 bits per heavy atom. The highest BCUT2D eigenvalue weighted by atomic mass is 16.4. The molecule has 0 fully saturated rings. The Kier molecular flexibility index (Phi) is 2.36. The Bertz CT molecular complexity index is 297. The highest BCUT2D eigenvalue weighted by Gasteiger charge is 2.09. The van der Waals surface area contributed by atoms with E-state index >= 15 is 0 Å². The van der Waals surface area contributed by atoms with Gasteiger partial charge in [0.25, 0.3) is 0 Å². The van der Waals surface area contributed by atoms with E-state index in [2.05, 4.69) is 0 Å². The smallest absolute Gasteiger partial charge is 0.195 e. The van der Waals surface area contributed by atoms with E-state index in [9.17, 15) is 0 Å². The van der Waals surface area contributed by atoms with Crippen LogP contribution >= 0.6 is 0 Å². The maximum atomic E-state index is 8.49. The molecule has 0 bridgehead atoms. The van der Waals surface area contributed by atoms with Crippen molar-refractivity contribution >= 4 is 5.88 Å². The van der Waals surface area contributed by atoms with Crippen LogP contribution in [0.2, 0.25) is 0 Å². The number of nitrogens with two attached hydrogens (primary N) is 1. The maximum Gasteiger partial charge on any atom is 0.195 e. The summed E-state index contributed by atoms with van der Waals surface area (Å²) in [6.07, 6.45) is 0. The number of hydrogen-bond donors (Lipinski definition) is 1. The fourth-order valence-corrected chi connectivity index (χ4v) is 0.813.